The molecule has 2 heterocycles. The van der Waals surface area contributed by atoms with Crippen LogP contribution < -0.4 is 10.1 Å². The summed E-state index contributed by atoms with van der Waals surface area (Å²) in [6.45, 7) is 8.55. The van der Waals surface area contributed by atoms with E-state index in [9.17, 15) is 14.7 Å². The number of carbonyl (C=O) groups excluding carboxylic acids is 2. The summed E-state index contributed by atoms with van der Waals surface area (Å²) in [6.07, 6.45) is 0.382. The number of ether oxygens (including phenoxy) is 1. The van der Waals surface area contributed by atoms with Gasteiger partial charge >= 0.3 is 0 Å². The van der Waals surface area contributed by atoms with Crippen LogP contribution in [0.3, 0.4) is 0 Å². The Bertz CT molecular complexity index is 1340. The van der Waals surface area contributed by atoms with E-state index in [1.54, 1.807) is 17.0 Å². The van der Waals surface area contributed by atoms with Gasteiger partial charge in [-0.05, 0) is 42.2 Å². The first-order valence-corrected chi connectivity index (χ1v) is 13.8. The molecule has 1 fully saturated rings. The summed E-state index contributed by atoms with van der Waals surface area (Å²) >= 11 is 6.07. The second kappa shape index (κ2) is 10.3. The van der Waals surface area contributed by atoms with Gasteiger partial charge in [0, 0.05) is 34.7 Å². The summed E-state index contributed by atoms with van der Waals surface area (Å²) in [5.74, 6) is 0.184. The number of nitrogens with zero attached hydrogens (tertiary/aromatic N) is 1. The Morgan fingerprint density at radius 3 is 2.08 bits per heavy atom. The lowest BCUT2D eigenvalue weighted by atomic mass is 9.66. The second-order valence-electron chi connectivity index (χ2n) is 11.6. The van der Waals surface area contributed by atoms with Gasteiger partial charge in [-0.15, -0.1) is 0 Å². The SMILES string of the molecule is CC(C)[C@@H](NC(=O)C1c2ccccc2Oc2ccccc21)C(=O)N1CC[C@](O)(c2ccc(Cl)cc2)C(C)(C)C1. The smallest absolute Gasteiger partial charge is 0.245 e. The third-order valence-electron chi connectivity index (χ3n) is 8.26. The molecule has 204 valence electrons. The number of nitrogens with one attached hydrogen (secondary N) is 1. The van der Waals surface area contributed by atoms with Crippen molar-refractivity contribution in [2.75, 3.05) is 13.1 Å². The lowest BCUT2D eigenvalue weighted by Gasteiger charge is -2.51. The van der Waals surface area contributed by atoms with Crippen molar-refractivity contribution >= 4 is 23.4 Å². The Balaban J connectivity index is 1.38. The number of aliphatic hydroxyl groups is 1. The highest BCUT2D eigenvalue weighted by atomic mass is 35.5. The van der Waals surface area contributed by atoms with Gasteiger partial charge in [0.2, 0.25) is 11.8 Å². The van der Waals surface area contributed by atoms with Crippen LogP contribution in [0.25, 0.3) is 0 Å². The zero-order valence-corrected chi connectivity index (χ0v) is 23.5. The Labute approximate surface area is 234 Å². The quantitative estimate of drug-likeness (QED) is 0.420. The highest BCUT2D eigenvalue weighted by Crippen LogP contribution is 2.47. The Hall–Kier alpha value is -3.35. The molecule has 0 aromatic heterocycles. The lowest BCUT2D eigenvalue weighted by Crippen LogP contribution is -2.60. The number of hydrogen-bond acceptors (Lipinski definition) is 4. The number of fused-ring (bicyclic) bond motifs is 2. The van der Waals surface area contributed by atoms with E-state index in [4.69, 9.17) is 16.3 Å². The molecule has 2 amide bonds. The molecule has 0 saturated carbocycles. The molecule has 2 atom stereocenters. The van der Waals surface area contributed by atoms with Gasteiger partial charge in [-0.3, -0.25) is 9.59 Å². The number of halogens is 1. The van der Waals surface area contributed by atoms with E-state index in [0.29, 0.717) is 36.0 Å². The van der Waals surface area contributed by atoms with Crippen molar-refractivity contribution in [2.45, 2.75) is 51.7 Å². The number of para-hydroxylation sites is 2. The Morgan fingerprint density at radius 1 is 0.974 bits per heavy atom. The molecular weight excluding hydrogens is 512 g/mol. The summed E-state index contributed by atoms with van der Waals surface area (Å²) in [4.78, 5) is 29.6. The zero-order chi connectivity index (χ0) is 27.9. The van der Waals surface area contributed by atoms with E-state index in [0.717, 1.165) is 16.7 Å². The Kier molecular flexibility index (Phi) is 7.21. The number of carbonyl (C=O) groups is 2. The van der Waals surface area contributed by atoms with Crippen LogP contribution in [-0.4, -0.2) is 41.0 Å². The van der Waals surface area contributed by atoms with E-state index in [2.05, 4.69) is 5.32 Å². The molecular formula is C32H35ClN2O4. The maximum atomic E-state index is 13.9. The molecule has 5 rings (SSSR count). The second-order valence-corrected chi connectivity index (χ2v) is 12.0. The van der Waals surface area contributed by atoms with Crippen molar-refractivity contribution < 1.29 is 19.4 Å². The fraction of sp³-hybridized carbons (Fsp3) is 0.375. The lowest BCUT2D eigenvalue weighted by molar-refractivity contribution is -0.156. The van der Waals surface area contributed by atoms with E-state index < -0.39 is 23.0 Å². The van der Waals surface area contributed by atoms with Crippen LogP contribution in [-0.2, 0) is 15.2 Å². The molecule has 7 heteroatoms. The summed E-state index contributed by atoms with van der Waals surface area (Å²) in [7, 11) is 0. The molecule has 0 spiro atoms. The monoisotopic (exact) mass is 546 g/mol. The van der Waals surface area contributed by atoms with E-state index in [1.807, 2.05) is 88.4 Å². The predicted molar refractivity (Wildman–Crippen MR) is 152 cm³/mol. The first-order chi connectivity index (χ1) is 18.5. The van der Waals surface area contributed by atoms with Crippen LogP contribution in [0.5, 0.6) is 11.5 Å². The molecule has 0 aliphatic carbocycles. The molecule has 3 aromatic rings. The van der Waals surface area contributed by atoms with Gasteiger partial charge in [0.05, 0.1) is 11.5 Å². The molecule has 0 radical (unpaired) electrons. The largest absolute Gasteiger partial charge is 0.457 e. The third kappa shape index (κ3) is 4.92. The van der Waals surface area contributed by atoms with Gasteiger partial charge in [-0.2, -0.15) is 0 Å². The van der Waals surface area contributed by atoms with Crippen molar-refractivity contribution in [3.8, 4) is 11.5 Å². The summed E-state index contributed by atoms with van der Waals surface area (Å²) in [5.41, 5.74) is 0.598. The molecule has 2 N–H and O–H groups in total. The van der Waals surface area contributed by atoms with Crippen LogP contribution in [0.1, 0.15) is 56.7 Å². The minimum Gasteiger partial charge on any atom is -0.457 e. The first-order valence-electron chi connectivity index (χ1n) is 13.4. The van der Waals surface area contributed by atoms with E-state index in [-0.39, 0.29) is 17.7 Å². The molecule has 0 bridgehead atoms. The molecule has 3 aromatic carbocycles. The van der Waals surface area contributed by atoms with E-state index >= 15 is 0 Å². The van der Waals surface area contributed by atoms with Crippen LogP contribution >= 0.6 is 11.6 Å². The van der Waals surface area contributed by atoms with Gasteiger partial charge in [-0.25, -0.2) is 0 Å². The Morgan fingerprint density at radius 2 is 1.54 bits per heavy atom. The maximum absolute atomic E-state index is 13.9. The molecule has 1 saturated heterocycles. The topological polar surface area (TPSA) is 78.9 Å². The summed E-state index contributed by atoms with van der Waals surface area (Å²) in [5, 5.41) is 15.4. The first kappa shape index (κ1) is 27.2. The van der Waals surface area contributed by atoms with Crippen LogP contribution in [0.4, 0.5) is 0 Å². The normalized spacial score (nSPS) is 20.9. The predicted octanol–water partition coefficient (Wildman–Crippen LogP) is 5.86. The fourth-order valence-electron chi connectivity index (χ4n) is 5.91. The summed E-state index contributed by atoms with van der Waals surface area (Å²) < 4.78 is 6.05. The van der Waals surface area contributed by atoms with Crippen molar-refractivity contribution in [1.82, 2.24) is 10.2 Å². The van der Waals surface area contributed by atoms with Crippen LogP contribution in [0, 0.1) is 11.3 Å². The molecule has 2 aliphatic rings. The minimum atomic E-state index is -1.11. The van der Waals surface area contributed by atoms with Crippen LogP contribution in [0.2, 0.25) is 5.02 Å². The fourth-order valence-corrected chi connectivity index (χ4v) is 6.04. The molecule has 6 nitrogen and oxygen atoms in total. The number of rotatable bonds is 5. The van der Waals surface area contributed by atoms with Crippen molar-refractivity contribution in [2.24, 2.45) is 11.3 Å². The molecule has 0 unspecified atom stereocenters. The van der Waals surface area contributed by atoms with Gasteiger partial charge in [0.15, 0.2) is 0 Å². The van der Waals surface area contributed by atoms with Crippen LogP contribution in [0.15, 0.2) is 72.8 Å². The summed E-state index contributed by atoms with van der Waals surface area (Å²) in [6, 6.07) is 21.6. The highest BCUT2D eigenvalue weighted by Gasteiger charge is 2.50. The average molecular weight is 547 g/mol. The number of hydrogen-bond donors (Lipinski definition) is 2. The molecule has 2 aliphatic heterocycles. The highest BCUT2D eigenvalue weighted by molar-refractivity contribution is 6.30. The van der Waals surface area contributed by atoms with Gasteiger partial charge in [-0.1, -0.05) is 87.8 Å². The zero-order valence-electron chi connectivity index (χ0n) is 22.8. The van der Waals surface area contributed by atoms with Gasteiger partial charge in [0.25, 0.3) is 0 Å². The average Bonchev–Trinajstić information content (AvgIpc) is 2.91. The van der Waals surface area contributed by atoms with Crippen molar-refractivity contribution in [1.29, 1.82) is 0 Å². The van der Waals surface area contributed by atoms with Gasteiger partial charge < -0.3 is 20.1 Å². The maximum Gasteiger partial charge on any atom is 0.245 e. The van der Waals surface area contributed by atoms with Gasteiger partial charge in [0.1, 0.15) is 17.5 Å². The number of benzene rings is 3. The standard InChI is InChI=1S/C32H35ClN2O4/c1-20(2)28(30(37)35-18-17-32(38,31(3,4)19-35)21-13-15-22(33)16-14-21)34-29(36)27-23-9-5-7-11-25(23)39-26-12-8-6-10-24(26)27/h5-16,20,27-28,38H,17-19H2,1-4H3,(H,34,36)/t28-,32+/m1/s1. The van der Waals surface area contributed by atoms with E-state index in [1.165, 1.54) is 0 Å². The molecule has 39 heavy (non-hydrogen) atoms. The van der Waals surface area contributed by atoms with Crippen molar-refractivity contribution in [3.63, 3.8) is 0 Å². The van der Waals surface area contributed by atoms with Crippen molar-refractivity contribution in [3.05, 3.63) is 94.5 Å². The number of amides is 2. The third-order valence-corrected chi connectivity index (χ3v) is 8.51. The minimum absolute atomic E-state index is 0.132. The number of piperidine rings is 1. The number of likely N-dealkylation sites (tertiary alicyclic amines) is 1.